The minimum Gasteiger partial charge on any atom is -0.466 e. The molecule has 0 unspecified atom stereocenters. The summed E-state index contributed by atoms with van der Waals surface area (Å²) in [6.45, 7) is 16.9. The zero-order valence-corrected chi connectivity index (χ0v) is 42.5. The van der Waals surface area contributed by atoms with E-state index >= 15 is 0 Å². The van der Waals surface area contributed by atoms with Gasteiger partial charge in [-0.1, -0.05) is 127 Å². The molecule has 7 nitrogen and oxygen atoms in total. The van der Waals surface area contributed by atoms with E-state index in [9.17, 15) is 31.2 Å². The fourth-order valence-corrected chi connectivity index (χ4v) is 8.72. The van der Waals surface area contributed by atoms with Crippen molar-refractivity contribution in [2.45, 2.75) is 209 Å². The van der Waals surface area contributed by atoms with Gasteiger partial charge in [-0.25, -0.2) is 0 Å². The van der Waals surface area contributed by atoms with Crippen molar-refractivity contribution in [3.8, 4) is 0 Å². The first-order chi connectivity index (χ1) is 27.8. The summed E-state index contributed by atoms with van der Waals surface area (Å²) in [5.74, 6) is -0.152. The van der Waals surface area contributed by atoms with Gasteiger partial charge in [-0.15, -0.1) is 0 Å². The number of carbonyl (C=O) groups excluding carboxylic acids is 2. The number of unbranched alkanes of at least 4 members (excludes halogenated alkanes) is 11. The first-order valence-electron chi connectivity index (χ1n) is 22.5. The zero-order chi connectivity index (χ0) is 44.4. The minimum atomic E-state index is -5.56. The molecule has 1 aromatic rings. The molecule has 2 aliphatic carbocycles. The molecular formula is C48H79F3O7SZn. The maximum absolute atomic E-state index is 12.2. The van der Waals surface area contributed by atoms with E-state index in [1.807, 2.05) is 13.8 Å². The Hall–Kier alpha value is -2.20. The van der Waals surface area contributed by atoms with Crippen molar-refractivity contribution in [3.63, 3.8) is 0 Å². The van der Waals surface area contributed by atoms with Crippen molar-refractivity contribution in [1.29, 1.82) is 0 Å². The predicted octanol–water partition coefficient (Wildman–Crippen LogP) is 14.4. The van der Waals surface area contributed by atoms with Crippen LogP contribution < -0.4 is 0 Å². The number of carbonyl (C=O) groups is 2. The quantitative estimate of drug-likeness (QED) is 0.0269. The van der Waals surface area contributed by atoms with Crippen molar-refractivity contribution < 1.29 is 64.3 Å². The molecule has 0 bridgehead atoms. The van der Waals surface area contributed by atoms with Gasteiger partial charge in [-0.05, 0) is 121 Å². The van der Waals surface area contributed by atoms with E-state index in [1.54, 1.807) is 31.9 Å². The fourth-order valence-electron chi connectivity index (χ4n) is 8.04. The summed E-state index contributed by atoms with van der Waals surface area (Å²) in [5, 5.41) is 0. The van der Waals surface area contributed by atoms with Crippen molar-refractivity contribution in [2.75, 3.05) is 13.2 Å². The monoisotopic (exact) mass is 920 g/mol. The molecule has 12 heteroatoms. The molecule has 2 aliphatic rings. The zero-order valence-electron chi connectivity index (χ0n) is 38.7. The van der Waals surface area contributed by atoms with Gasteiger partial charge in [0, 0.05) is 37.7 Å². The van der Waals surface area contributed by atoms with E-state index in [1.165, 1.54) is 95.5 Å². The SMILES string of the molecule is CC1=C(OS(=O)(=O)C(F)(F)F)C(C)(C)CCC1.CCOC(=O)CCCCCCCCC1=C(C)CCCC1(C)C.CCOC(=O)CCCCCCCCCc1ccccc1.[Zn]. The first kappa shape index (κ1) is 57.8. The van der Waals surface area contributed by atoms with Crippen LogP contribution in [0.15, 0.2) is 52.8 Å². The van der Waals surface area contributed by atoms with Crippen LogP contribution in [0.3, 0.4) is 0 Å². The van der Waals surface area contributed by atoms with Crippen molar-refractivity contribution >= 4 is 22.1 Å². The summed E-state index contributed by atoms with van der Waals surface area (Å²) in [4.78, 5) is 22.3. The normalized spacial score (nSPS) is 16.1. The van der Waals surface area contributed by atoms with Gasteiger partial charge in [0.2, 0.25) is 0 Å². The summed E-state index contributed by atoms with van der Waals surface area (Å²) in [5.41, 5.74) is -0.223. The van der Waals surface area contributed by atoms with Gasteiger partial charge in [-0.2, -0.15) is 21.6 Å². The van der Waals surface area contributed by atoms with Gasteiger partial charge >= 0.3 is 27.6 Å². The van der Waals surface area contributed by atoms with Crippen LogP contribution in [0.5, 0.6) is 0 Å². The third-order valence-corrected chi connectivity index (χ3v) is 12.3. The molecule has 0 saturated heterocycles. The van der Waals surface area contributed by atoms with Gasteiger partial charge in [0.15, 0.2) is 0 Å². The van der Waals surface area contributed by atoms with Crippen molar-refractivity contribution in [1.82, 2.24) is 0 Å². The number of hydrogen-bond acceptors (Lipinski definition) is 7. The van der Waals surface area contributed by atoms with Gasteiger partial charge in [0.05, 0.1) is 13.2 Å². The Morgan fingerprint density at radius 1 is 0.633 bits per heavy atom. The average Bonchev–Trinajstić information content (AvgIpc) is 3.15. The number of benzene rings is 1. The van der Waals surface area contributed by atoms with Crippen LogP contribution in [0.2, 0.25) is 0 Å². The van der Waals surface area contributed by atoms with Crippen LogP contribution in [0.25, 0.3) is 0 Å². The molecule has 0 heterocycles. The number of alkyl halides is 3. The maximum Gasteiger partial charge on any atom is 0.534 e. The van der Waals surface area contributed by atoms with E-state index in [0.717, 1.165) is 32.1 Å². The molecule has 0 fully saturated rings. The van der Waals surface area contributed by atoms with Gasteiger partial charge in [-0.3, -0.25) is 9.59 Å². The minimum absolute atomic E-state index is 0. The van der Waals surface area contributed by atoms with Gasteiger partial charge in [0.25, 0.3) is 0 Å². The van der Waals surface area contributed by atoms with E-state index < -0.39 is 21.0 Å². The molecular weight excluding hydrogens is 843 g/mol. The number of rotatable bonds is 23. The fraction of sp³-hybridized carbons (Fsp3) is 0.750. The molecule has 0 spiro atoms. The molecule has 342 valence electrons. The van der Waals surface area contributed by atoms with E-state index in [4.69, 9.17) is 9.47 Å². The standard InChI is InChI=1S/C20H36O2.C18H28O2.C10H15F3O3S.Zn/c1-5-22-19(21)15-11-9-7-6-8-10-14-18-17(2)13-12-16-20(18,3)4;1-2-20-18(19)16-12-7-5-3-4-6-9-13-17-14-10-8-11-15-17;1-7-5-4-6-9(2,3)8(7)16-17(14,15)10(11,12)13;/h5-16H2,1-4H3;8,10-11,14-15H,2-7,9,12-13,16H2,1H3;4-6H2,1-3H3;. The second-order valence-corrected chi connectivity index (χ2v) is 19.1. The van der Waals surface area contributed by atoms with Gasteiger partial charge in [0.1, 0.15) is 5.76 Å². The number of allylic oxidation sites excluding steroid dienone is 4. The number of hydrogen-bond donors (Lipinski definition) is 0. The summed E-state index contributed by atoms with van der Waals surface area (Å²) in [6, 6.07) is 10.7. The van der Waals surface area contributed by atoms with Crippen LogP contribution in [-0.2, 0) is 59.3 Å². The summed E-state index contributed by atoms with van der Waals surface area (Å²) < 4.78 is 72.8. The van der Waals surface area contributed by atoms with Crippen LogP contribution in [0.1, 0.15) is 202 Å². The number of halogens is 3. The molecule has 0 amide bonds. The Morgan fingerprint density at radius 3 is 1.48 bits per heavy atom. The Labute approximate surface area is 375 Å². The average molecular weight is 923 g/mol. The van der Waals surface area contributed by atoms with Crippen LogP contribution >= 0.6 is 0 Å². The molecule has 0 saturated carbocycles. The molecule has 0 N–H and O–H groups in total. The second kappa shape index (κ2) is 30.8. The topological polar surface area (TPSA) is 96.0 Å². The van der Waals surface area contributed by atoms with E-state index in [2.05, 4.69) is 55.3 Å². The number of aryl methyl sites for hydroxylation is 1. The molecule has 60 heavy (non-hydrogen) atoms. The molecule has 0 aliphatic heterocycles. The second-order valence-electron chi connectivity index (χ2n) is 17.5. The van der Waals surface area contributed by atoms with Crippen LogP contribution in [0, 0.1) is 10.8 Å². The van der Waals surface area contributed by atoms with Gasteiger partial charge < -0.3 is 13.7 Å². The smallest absolute Gasteiger partial charge is 0.466 e. The molecule has 1 aromatic carbocycles. The summed E-state index contributed by atoms with van der Waals surface area (Å²) in [7, 11) is -5.56. The van der Waals surface area contributed by atoms with Crippen molar-refractivity contribution in [3.05, 3.63) is 58.4 Å². The molecule has 0 atom stereocenters. The first-order valence-corrected chi connectivity index (χ1v) is 23.9. The van der Waals surface area contributed by atoms with Crippen molar-refractivity contribution in [2.24, 2.45) is 10.8 Å². The Bertz CT molecular complexity index is 1520. The van der Waals surface area contributed by atoms with E-state index in [-0.39, 0.29) is 37.2 Å². The Balaban J connectivity index is 0.000000870. The molecule has 0 aromatic heterocycles. The largest absolute Gasteiger partial charge is 0.534 e. The van der Waals surface area contributed by atoms with Crippen LogP contribution in [-0.4, -0.2) is 39.1 Å². The summed E-state index contributed by atoms with van der Waals surface area (Å²) in [6.07, 6.45) is 25.6. The van der Waals surface area contributed by atoms with Crippen LogP contribution in [0.4, 0.5) is 13.2 Å². The number of esters is 2. The van der Waals surface area contributed by atoms with E-state index in [0.29, 0.717) is 49.9 Å². The maximum atomic E-state index is 12.2. The third-order valence-electron chi connectivity index (χ3n) is 11.4. The predicted molar refractivity (Wildman–Crippen MR) is 234 cm³/mol. The Kier molecular flexibility index (Phi) is 29.7. The third kappa shape index (κ3) is 24.4. The Morgan fingerprint density at radius 2 is 1.05 bits per heavy atom. The molecule has 3 rings (SSSR count). The summed E-state index contributed by atoms with van der Waals surface area (Å²) >= 11 is 0. The molecule has 0 radical (unpaired) electrons. The number of ether oxygens (including phenoxy) is 2.